The molecule has 0 N–H and O–H groups in total. The first-order chi connectivity index (χ1) is 9.45. The van der Waals surface area contributed by atoms with Crippen LogP contribution in [0.25, 0.3) is 0 Å². The van der Waals surface area contributed by atoms with Crippen LogP contribution in [0.5, 0.6) is 0 Å². The topological polar surface area (TPSA) is 79.0 Å². The standard InChI is InChI=1S/C13H14N4O2S/c1-16-9-11(8-15-16)10-17(2)20(18,19)13-6-4-3-5-12(13)7-14/h3-6,8-9H,10H2,1-2H3. The lowest BCUT2D eigenvalue weighted by atomic mass is 10.2. The molecule has 1 aromatic heterocycles. The van der Waals surface area contributed by atoms with Crippen LogP contribution in [0.4, 0.5) is 0 Å². The summed E-state index contributed by atoms with van der Waals surface area (Å²) in [5, 5.41) is 13.0. The fourth-order valence-corrected chi connectivity index (χ4v) is 3.14. The number of benzene rings is 1. The van der Waals surface area contributed by atoms with Gasteiger partial charge in [-0.1, -0.05) is 12.1 Å². The van der Waals surface area contributed by atoms with Crippen LogP contribution in [0.3, 0.4) is 0 Å². The van der Waals surface area contributed by atoms with Gasteiger partial charge in [0, 0.05) is 32.4 Å². The average Bonchev–Trinajstić information content (AvgIpc) is 2.84. The molecule has 20 heavy (non-hydrogen) atoms. The maximum atomic E-state index is 12.5. The van der Waals surface area contributed by atoms with E-state index in [2.05, 4.69) is 5.10 Å². The second-order valence-corrected chi connectivity index (χ2v) is 6.40. The average molecular weight is 290 g/mol. The molecule has 0 aliphatic heterocycles. The quantitative estimate of drug-likeness (QED) is 0.845. The molecule has 104 valence electrons. The molecule has 0 bridgehead atoms. The summed E-state index contributed by atoms with van der Waals surface area (Å²) in [6.45, 7) is 0.204. The van der Waals surface area contributed by atoms with Gasteiger partial charge in [-0.05, 0) is 12.1 Å². The van der Waals surface area contributed by atoms with Crippen molar-refractivity contribution in [2.75, 3.05) is 7.05 Å². The number of aromatic nitrogens is 2. The normalized spacial score (nSPS) is 11.5. The highest BCUT2D eigenvalue weighted by Crippen LogP contribution is 2.20. The number of sulfonamides is 1. The van der Waals surface area contributed by atoms with Gasteiger partial charge in [-0.2, -0.15) is 14.7 Å². The minimum atomic E-state index is -3.70. The lowest BCUT2D eigenvalue weighted by Crippen LogP contribution is -2.27. The van der Waals surface area contributed by atoms with E-state index < -0.39 is 10.0 Å². The summed E-state index contributed by atoms with van der Waals surface area (Å²) in [7, 11) is -0.447. The Balaban J connectivity index is 2.32. The molecule has 0 aliphatic rings. The summed E-state index contributed by atoms with van der Waals surface area (Å²) in [6.07, 6.45) is 3.37. The molecule has 0 unspecified atom stereocenters. The maximum absolute atomic E-state index is 12.5. The lowest BCUT2D eigenvalue weighted by molar-refractivity contribution is 0.466. The molecule has 0 saturated carbocycles. The van der Waals surface area contributed by atoms with Crippen molar-refractivity contribution in [2.24, 2.45) is 7.05 Å². The second kappa shape index (κ2) is 5.45. The summed E-state index contributed by atoms with van der Waals surface area (Å²) in [5.41, 5.74) is 0.929. The Kier molecular flexibility index (Phi) is 3.88. The molecular weight excluding hydrogens is 276 g/mol. The summed E-state index contributed by atoms with van der Waals surface area (Å²) in [5.74, 6) is 0. The summed E-state index contributed by atoms with van der Waals surface area (Å²) >= 11 is 0. The lowest BCUT2D eigenvalue weighted by Gasteiger charge is -2.17. The van der Waals surface area contributed by atoms with Crippen molar-refractivity contribution in [1.29, 1.82) is 5.26 Å². The number of nitriles is 1. The van der Waals surface area contributed by atoms with Crippen LogP contribution < -0.4 is 0 Å². The van der Waals surface area contributed by atoms with Gasteiger partial charge in [-0.3, -0.25) is 4.68 Å². The summed E-state index contributed by atoms with van der Waals surface area (Å²) in [6, 6.07) is 8.07. The molecule has 0 fully saturated rings. The Morgan fingerprint density at radius 3 is 2.70 bits per heavy atom. The van der Waals surface area contributed by atoms with Gasteiger partial charge in [0.2, 0.25) is 10.0 Å². The zero-order valence-corrected chi connectivity index (χ0v) is 12.0. The Labute approximate surface area is 117 Å². The smallest absolute Gasteiger partial charge is 0.244 e. The molecule has 0 atom stereocenters. The number of nitrogens with zero attached hydrogens (tertiary/aromatic N) is 4. The first-order valence-corrected chi connectivity index (χ1v) is 7.32. The molecule has 7 heteroatoms. The highest BCUT2D eigenvalue weighted by atomic mass is 32.2. The van der Waals surface area contributed by atoms with Crippen molar-refractivity contribution in [2.45, 2.75) is 11.4 Å². The second-order valence-electron chi connectivity index (χ2n) is 4.39. The SMILES string of the molecule is CN(Cc1cnn(C)c1)S(=O)(=O)c1ccccc1C#N. The van der Waals surface area contributed by atoms with Gasteiger partial charge in [0.25, 0.3) is 0 Å². The summed E-state index contributed by atoms with van der Waals surface area (Å²) < 4.78 is 27.8. The minimum absolute atomic E-state index is 0.0221. The Hall–Kier alpha value is -2.17. The van der Waals surface area contributed by atoms with Crippen molar-refractivity contribution in [3.05, 3.63) is 47.8 Å². The van der Waals surface area contributed by atoms with Crippen LogP contribution >= 0.6 is 0 Å². The highest BCUT2D eigenvalue weighted by Gasteiger charge is 2.24. The van der Waals surface area contributed by atoms with Crippen molar-refractivity contribution in [3.8, 4) is 6.07 Å². The number of hydrogen-bond donors (Lipinski definition) is 0. The molecule has 0 saturated heterocycles. The van der Waals surface area contributed by atoms with Gasteiger partial charge in [-0.25, -0.2) is 8.42 Å². The van der Waals surface area contributed by atoms with Gasteiger partial charge >= 0.3 is 0 Å². The zero-order chi connectivity index (χ0) is 14.8. The van der Waals surface area contributed by atoms with Crippen molar-refractivity contribution in [3.63, 3.8) is 0 Å². The maximum Gasteiger partial charge on any atom is 0.244 e. The van der Waals surface area contributed by atoms with Crippen LogP contribution in [0.15, 0.2) is 41.6 Å². The van der Waals surface area contributed by atoms with E-state index in [0.717, 1.165) is 5.56 Å². The van der Waals surface area contributed by atoms with Crippen molar-refractivity contribution < 1.29 is 8.42 Å². The fourth-order valence-electron chi connectivity index (χ4n) is 1.85. The van der Waals surface area contributed by atoms with E-state index >= 15 is 0 Å². The van der Waals surface area contributed by atoms with Crippen LogP contribution in [-0.4, -0.2) is 29.6 Å². The van der Waals surface area contributed by atoms with E-state index in [1.54, 1.807) is 36.3 Å². The zero-order valence-electron chi connectivity index (χ0n) is 11.2. The number of hydrogen-bond acceptors (Lipinski definition) is 4. The van der Waals surface area contributed by atoms with Crippen LogP contribution in [0.1, 0.15) is 11.1 Å². The highest BCUT2D eigenvalue weighted by molar-refractivity contribution is 7.89. The van der Waals surface area contributed by atoms with E-state index in [1.807, 2.05) is 6.07 Å². The molecule has 0 amide bonds. The van der Waals surface area contributed by atoms with Gasteiger partial charge < -0.3 is 0 Å². The van der Waals surface area contributed by atoms with Gasteiger partial charge in [-0.15, -0.1) is 0 Å². The molecule has 2 aromatic rings. The van der Waals surface area contributed by atoms with Crippen molar-refractivity contribution >= 4 is 10.0 Å². The molecule has 0 spiro atoms. The van der Waals surface area contributed by atoms with Gasteiger partial charge in [0.1, 0.15) is 6.07 Å². The molecule has 1 heterocycles. The molecule has 6 nitrogen and oxygen atoms in total. The monoisotopic (exact) mass is 290 g/mol. The molecule has 0 radical (unpaired) electrons. The minimum Gasteiger partial charge on any atom is -0.275 e. The van der Waals surface area contributed by atoms with E-state index in [1.165, 1.54) is 23.5 Å². The van der Waals surface area contributed by atoms with E-state index in [-0.39, 0.29) is 17.0 Å². The Morgan fingerprint density at radius 1 is 1.40 bits per heavy atom. The Morgan fingerprint density at radius 2 is 2.10 bits per heavy atom. The van der Waals surface area contributed by atoms with Gasteiger partial charge in [0.05, 0.1) is 16.7 Å². The van der Waals surface area contributed by atoms with E-state index in [4.69, 9.17) is 5.26 Å². The third-order valence-corrected chi connectivity index (χ3v) is 4.72. The fraction of sp³-hybridized carbons (Fsp3) is 0.231. The van der Waals surface area contributed by atoms with Crippen LogP contribution in [0, 0.1) is 11.3 Å². The van der Waals surface area contributed by atoms with E-state index in [0.29, 0.717) is 0 Å². The van der Waals surface area contributed by atoms with Crippen LogP contribution in [-0.2, 0) is 23.6 Å². The third-order valence-electron chi connectivity index (χ3n) is 2.86. The number of aryl methyl sites for hydroxylation is 1. The molecule has 1 aromatic carbocycles. The van der Waals surface area contributed by atoms with Crippen molar-refractivity contribution in [1.82, 2.24) is 14.1 Å². The third kappa shape index (κ3) is 2.71. The predicted octanol–water partition coefficient (Wildman–Crippen LogP) is 1.11. The van der Waals surface area contributed by atoms with E-state index in [9.17, 15) is 8.42 Å². The Bertz CT molecular complexity index is 759. The largest absolute Gasteiger partial charge is 0.275 e. The summed E-state index contributed by atoms with van der Waals surface area (Å²) in [4.78, 5) is 0.0221. The van der Waals surface area contributed by atoms with Crippen LogP contribution in [0.2, 0.25) is 0 Å². The first-order valence-electron chi connectivity index (χ1n) is 5.88. The number of rotatable bonds is 4. The first kappa shape index (κ1) is 14.2. The molecule has 0 aliphatic carbocycles. The van der Waals surface area contributed by atoms with Gasteiger partial charge in [0.15, 0.2) is 0 Å². The molecule has 2 rings (SSSR count). The molecular formula is C13H14N4O2S. The predicted molar refractivity (Wildman–Crippen MR) is 73.0 cm³/mol.